The molecule has 1 aliphatic heterocycles. The fourth-order valence-electron chi connectivity index (χ4n) is 4.61. The summed E-state index contributed by atoms with van der Waals surface area (Å²) in [5.74, 6) is -0.971. The van der Waals surface area contributed by atoms with Crippen LogP contribution >= 0.6 is 0 Å². The van der Waals surface area contributed by atoms with E-state index in [2.05, 4.69) is 0 Å². The lowest BCUT2D eigenvalue weighted by Gasteiger charge is -2.26. The number of nitrogens with zero attached hydrogens (tertiary/aromatic N) is 1. The molecular weight excluding hydrogens is 442 g/mol. The van der Waals surface area contributed by atoms with Crippen LogP contribution in [0.2, 0.25) is 0 Å². The van der Waals surface area contributed by atoms with E-state index in [1.807, 2.05) is 58.0 Å². The van der Waals surface area contributed by atoms with Gasteiger partial charge in [0.1, 0.15) is 17.3 Å². The number of aryl methyl sites for hydroxylation is 2. The first kappa shape index (κ1) is 24.1. The molecule has 1 amide bonds. The standard InChI is InChI=1S/C29H29NO5/c1-16(2)22-15-23(18(4)13-24(22)35-5)27(32)25-26(19-9-7-11-21(31)14-19)30(29(34)28(25)33)20-10-6-8-17(3)12-20/h6-16,26,31-32H,1-5H3/b27-25+. The zero-order chi connectivity index (χ0) is 25.4. The SMILES string of the molecule is COc1cc(C)c(/C(O)=C2\C(=O)C(=O)N(c3cccc(C)c3)C2c2cccc(O)c2)cc1C(C)C. The van der Waals surface area contributed by atoms with E-state index in [1.54, 1.807) is 25.3 Å². The lowest BCUT2D eigenvalue weighted by Crippen LogP contribution is -2.29. The summed E-state index contributed by atoms with van der Waals surface area (Å²) in [6, 6.07) is 16.4. The molecule has 2 N–H and O–H groups in total. The third kappa shape index (κ3) is 4.28. The highest BCUT2D eigenvalue weighted by atomic mass is 16.5. The Hall–Kier alpha value is -4.06. The molecular formula is C29H29NO5. The second-order valence-corrected chi connectivity index (χ2v) is 9.17. The van der Waals surface area contributed by atoms with Crippen molar-refractivity contribution >= 4 is 23.1 Å². The van der Waals surface area contributed by atoms with E-state index < -0.39 is 17.7 Å². The third-order valence-electron chi connectivity index (χ3n) is 6.36. The first-order chi connectivity index (χ1) is 16.6. The smallest absolute Gasteiger partial charge is 0.300 e. The van der Waals surface area contributed by atoms with Crippen LogP contribution in [0.5, 0.6) is 11.5 Å². The molecule has 0 aliphatic carbocycles. The van der Waals surface area contributed by atoms with Gasteiger partial charge in [0, 0.05) is 11.3 Å². The molecule has 180 valence electrons. The number of carbonyl (C=O) groups is 2. The number of benzene rings is 3. The summed E-state index contributed by atoms with van der Waals surface area (Å²) in [5, 5.41) is 21.7. The summed E-state index contributed by atoms with van der Waals surface area (Å²) in [5.41, 5.74) is 4.00. The number of ether oxygens (including phenoxy) is 1. The van der Waals surface area contributed by atoms with E-state index in [4.69, 9.17) is 4.74 Å². The number of rotatable bonds is 5. The third-order valence-corrected chi connectivity index (χ3v) is 6.36. The number of amides is 1. The maximum atomic E-state index is 13.4. The normalized spacial score (nSPS) is 17.3. The molecule has 1 saturated heterocycles. The quantitative estimate of drug-likeness (QED) is 0.280. The molecule has 0 spiro atoms. The van der Waals surface area contributed by atoms with E-state index >= 15 is 0 Å². The number of phenols is 1. The number of Topliss-reactive ketones (excluding diaryl/α,β-unsaturated/α-hetero) is 1. The number of hydrogen-bond donors (Lipinski definition) is 2. The Labute approximate surface area is 205 Å². The first-order valence-electron chi connectivity index (χ1n) is 11.5. The molecule has 1 atom stereocenters. The minimum Gasteiger partial charge on any atom is -0.508 e. The van der Waals surface area contributed by atoms with Gasteiger partial charge in [-0.25, -0.2) is 0 Å². The van der Waals surface area contributed by atoms with Crippen LogP contribution in [0, 0.1) is 13.8 Å². The van der Waals surface area contributed by atoms with Gasteiger partial charge in [-0.1, -0.05) is 38.1 Å². The minimum atomic E-state index is -0.909. The highest BCUT2D eigenvalue weighted by Gasteiger charge is 2.47. The topological polar surface area (TPSA) is 87.1 Å². The molecule has 3 aromatic carbocycles. The number of methoxy groups -OCH3 is 1. The Morgan fingerprint density at radius 1 is 1.00 bits per heavy atom. The highest BCUT2D eigenvalue weighted by Crippen LogP contribution is 2.44. The van der Waals surface area contributed by atoms with Crippen molar-refractivity contribution in [2.24, 2.45) is 0 Å². The fourth-order valence-corrected chi connectivity index (χ4v) is 4.61. The van der Waals surface area contributed by atoms with Crippen molar-refractivity contribution in [3.05, 3.63) is 94.1 Å². The van der Waals surface area contributed by atoms with Crippen molar-refractivity contribution in [2.75, 3.05) is 12.0 Å². The maximum absolute atomic E-state index is 13.4. The minimum absolute atomic E-state index is 0.0000482. The fraction of sp³-hybridized carbons (Fsp3) is 0.241. The average molecular weight is 472 g/mol. The molecule has 1 fully saturated rings. The molecule has 0 saturated carbocycles. The van der Waals surface area contributed by atoms with E-state index in [9.17, 15) is 19.8 Å². The monoisotopic (exact) mass is 471 g/mol. The number of aromatic hydroxyl groups is 1. The van der Waals surface area contributed by atoms with Gasteiger partial charge in [0.2, 0.25) is 0 Å². The summed E-state index contributed by atoms with van der Waals surface area (Å²) >= 11 is 0. The lowest BCUT2D eigenvalue weighted by molar-refractivity contribution is -0.132. The molecule has 35 heavy (non-hydrogen) atoms. The summed E-state index contributed by atoms with van der Waals surface area (Å²) in [6.07, 6.45) is 0. The van der Waals surface area contributed by atoms with E-state index in [0.29, 0.717) is 28.1 Å². The summed E-state index contributed by atoms with van der Waals surface area (Å²) in [7, 11) is 1.59. The van der Waals surface area contributed by atoms with Crippen LogP contribution in [0.1, 0.15) is 53.6 Å². The highest BCUT2D eigenvalue weighted by molar-refractivity contribution is 6.51. The van der Waals surface area contributed by atoms with Gasteiger partial charge in [-0.3, -0.25) is 14.5 Å². The van der Waals surface area contributed by atoms with Crippen molar-refractivity contribution in [1.29, 1.82) is 0 Å². The van der Waals surface area contributed by atoms with Crippen molar-refractivity contribution in [3.8, 4) is 11.5 Å². The number of phenolic OH excluding ortho intramolecular Hbond substituents is 1. The molecule has 0 radical (unpaired) electrons. The molecule has 6 nitrogen and oxygen atoms in total. The molecule has 1 aliphatic rings. The number of ketones is 1. The predicted molar refractivity (Wildman–Crippen MR) is 136 cm³/mol. The number of carbonyl (C=O) groups excluding carboxylic acids is 2. The van der Waals surface area contributed by atoms with Crippen molar-refractivity contribution in [1.82, 2.24) is 0 Å². The first-order valence-corrected chi connectivity index (χ1v) is 11.5. The Kier molecular flexibility index (Phi) is 6.39. The van der Waals surface area contributed by atoms with Gasteiger partial charge in [-0.15, -0.1) is 0 Å². The zero-order valence-corrected chi connectivity index (χ0v) is 20.5. The van der Waals surface area contributed by atoms with Gasteiger partial charge in [-0.05, 0) is 78.4 Å². The van der Waals surface area contributed by atoms with Crippen LogP contribution < -0.4 is 9.64 Å². The lowest BCUT2D eigenvalue weighted by atomic mass is 9.91. The molecule has 6 heteroatoms. The number of aliphatic hydroxyl groups excluding tert-OH is 1. The number of hydrogen-bond acceptors (Lipinski definition) is 5. The second kappa shape index (κ2) is 9.29. The maximum Gasteiger partial charge on any atom is 0.300 e. The van der Waals surface area contributed by atoms with Crippen LogP contribution in [0.25, 0.3) is 5.76 Å². The zero-order valence-electron chi connectivity index (χ0n) is 20.5. The Morgan fingerprint density at radius 2 is 1.71 bits per heavy atom. The van der Waals surface area contributed by atoms with Crippen LogP contribution in [0.4, 0.5) is 5.69 Å². The van der Waals surface area contributed by atoms with E-state index in [1.165, 1.54) is 17.0 Å². The largest absolute Gasteiger partial charge is 0.508 e. The van der Waals surface area contributed by atoms with Crippen LogP contribution in [0.3, 0.4) is 0 Å². The van der Waals surface area contributed by atoms with Gasteiger partial charge in [0.05, 0.1) is 18.7 Å². The van der Waals surface area contributed by atoms with Gasteiger partial charge >= 0.3 is 0 Å². The molecule has 0 aromatic heterocycles. The van der Waals surface area contributed by atoms with E-state index in [-0.39, 0.29) is 23.0 Å². The Morgan fingerprint density at radius 3 is 2.34 bits per heavy atom. The molecule has 1 unspecified atom stereocenters. The molecule has 1 heterocycles. The van der Waals surface area contributed by atoms with Gasteiger partial charge < -0.3 is 14.9 Å². The van der Waals surface area contributed by atoms with Gasteiger partial charge in [0.25, 0.3) is 11.7 Å². The van der Waals surface area contributed by atoms with E-state index in [0.717, 1.165) is 11.1 Å². The Bertz CT molecular complexity index is 1350. The van der Waals surface area contributed by atoms with Crippen molar-refractivity contribution in [3.63, 3.8) is 0 Å². The Balaban J connectivity index is 2.00. The molecule has 3 aromatic rings. The van der Waals surface area contributed by atoms with Crippen LogP contribution in [-0.2, 0) is 9.59 Å². The second-order valence-electron chi connectivity index (χ2n) is 9.17. The van der Waals surface area contributed by atoms with Gasteiger partial charge in [0.15, 0.2) is 0 Å². The van der Waals surface area contributed by atoms with Gasteiger partial charge in [-0.2, -0.15) is 0 Å². The number of aliphatic hydroxyl groups is 1. The van der Waals surface area contributed by atoms with Crippen molar-refractivity contribution < 1.29 is 24.5 Å². The molecule has 0 bridgehead atoms. The average Bonchev–Trinajstić information content (AvgIpc) is 3.08. The molecule has 4 rings (SSSR count). The van der Waals surface area contributed by atoms with Crippen LogP contribution in [0.15, 0.2) is 66.2 Å². The van der Waals surface area contributed by atoms with Crippen LogP contribution in [-0.4, -0.2) is 29.0 Å². The van der Waals surface area contributed by atoms with Crippen molar-refractivity contribution in [2.45, 2.75) is 39.7 Å². The number of anilines is 1. The predicted octanol–water partition coefficient (Wildman–Crippen LogP) is 5.77. The summed E-state index contributed by atoms with van der Waals surface area (Å²) in [6.45, 7) is 7.75. The summed E-state index contributed by atoms with van der Waals surface area (Å²) in [4.78, 5) is 28.1. The summed E-state index contributed by atoms with van der Waals surface area (Å²) < 4.78 is 5.52.